The second-order valence-corrected chi connectivity index (χ2v) is 2.39. The summed E-state index contributed by atoms with van der Waals surface area (Å²) in [6.07, 6.45) is 3.14. The fourth-order valence-electron chi connectivity index (χ4n) is 1.01. The molecule has 1 aromatic rings. The molecule has 3 heteroatoms. The quantitative estimate of drug-likeness (QED) is 0.556. The van der Waals surface area contributed by atoms with Crippen LogP contribution in [0.4, 0.5) is 0 Å². The van der Waals surface area contributed by atoms with Crippen molar-refractivity contribution in [2.45, 2.75) is 12.2 Å². The molecule has 0 radical (unpaired) electrons. The molecule has 2 heterocycles. The third kappa shape index (κ3) is 1.08. The Morgan fingerprint density at radius 3 is 3.09 bits per heavy atom. The maximum atomic E-state index is 8.44. The van der Waals surface area contributed by atoms with Gasteiger partial charge in [0.25, 0.3) is 0 Å². The largest absolute Gasteiger partial charge is 0.348 e. The highest BCUT2D eigenvalue weighted by Crippen LogP contribution is 2.37. The lowest BCUT2D eigenvalue weighted by Gasteiger charge is -1.89. The summed E-state index contributed by atoms with van der Waals surface area (Å²) in [7, 11) is 0. The number of epoxide rings is 1. The first kappa shape index (κ1) is 6.32. The Hall–Kier alpha value is -1.40. The fourth-order valence-corrected chi connectivity index (χ4v) is 1.01. The minimum atomic E-state index is -0.251. The zero-order valence-corrected chi connectivity index (χ0v) is 5.77. The van der Waals surface area contributed by atoms with Crippen LogP contribution in [-0.2, 0) is 4.74 Å². The Kier molecular flexibility index (Phi) is 1.34. The maximum Gasteiger partial charge on any atom is 0.175 e. The van der Waals surface area contributed by atoms with Crippen LogP contribution in [0, 0.1) is 11.3 Å². The molecule has 0 bridgehead atoms. The first-order chi connectivity index (χ1) is 5.42. The van der Waals surface area contributed by atoms with E-state index in [0.29, 0.717) is 0 Å². The second-order valence-electron chi connectivity index (χ2n) is 2.39. The van der Waals surface area contributed by atoms with Crippen molar-refractivity contribution in [3.8, 4) is 6.07 Å². The van der Waals surface area contributed by atoms with Gasteiger partial charge in [0.15, 0.2) is 6.10 Å². The van der Waals surface area contributed by atoms with E-state index >= 15 is 0 Å². The molecule has 0 spiro atoms. The lowest BCUT2D eigenvalue weighted by molar-refractivity contribution is 0.396. The van der Waals surface area contributed by atoms with Crippen molar-refractivity contribution in [2.75, 3.05) is 0 Å². The van der Waals surface area contributed by atoms with Crippen molar-refractivity contribution in [2.24, 2.45) is 0 Å². The molecule has 1 aliphatic rings. The van der Waals surface area contributed by atoms with E-state index in [1.54, 1.807) is 12.4 Å². The van der Waals surface area contributed by atoms with E-state index in [4.69, 9.17) is 10.00 Å². The van der Waals surface area contributed by atoms with E-state index in [9.17, 15) is 0 Å². The third-order valence-corrected chi connectivity index (χ3v) is 1.63. The summed E-state index contributed by atoms with van der Waals surface area (Å²) in [5.41, 5.74) is 0.985. The van der Waals surface area contributed by atoms with Crippen molar-refractivity contribution in [3.05, 3.63) is 30.1 Å². The number of ether oxygens (including phenoxy) is 1. The first-order valence-corrected chi connectivity index (χ1v) is 3.37. The SMILES string of the molecule is N#CC1OC1c1cccnc1. The molecular weight excluding hydrogens is 140 g/mol. The number of rotatable bonds is 1. The van der Waals surface area contributed by atoms with E-state index in [0.717, 1.165) is 5.56 Å². The van der Waals surface area contributed by atoms with Crippen LogP contribution in [-0.4, -0.2) is 11.1 Å². The van der Waals surface area contributed by atoms with Gasteiger partial charge in [0.1, 0.15) is 6.10 Å². The number of nitriles is 1. The van der Waals surface area contributed by atoms with Gasteiger partial charge in [0.05, 0.1) is 6.07 Å². The van der Waals surface area contributed by atoms with Crippen molar-refractivity contribution in [1.29, 1.82) is 5.26 Å². The molecule has 0 saturated carbocycles. The molecule has 0 amide bonds. The molecular formula is C8H6N2O. The minimum absolute atomic E-state index is 0.0336. The molecule has 2 unspecified atom stereocenters. The number of aromatic nitrogens is 1. The van der Waals surface area contributed by atoms with Gasteiger partial charge < -0.3 is 4.74 Å². The van der Waals surface area contributed by atoms with Gasteiger partial charge in [0.2, 0.25) is 0 Å². The van der Waals surface area contributed by atoms with Gasteiger partial charge in [-0.1, -0.05) is 6.07 Å². The highest BCUT2D eigenvalue weighted by molar-refractivity contribution is 5.22. The molecule has 0 aromatic carbocycles. The Bertz CT molecular complexity index is 291. The Labute approximate surface area is 64.2 Å². The molecule has 54 valence electrons. The summed E-state index contributed by atoms with van der Waals surface area (Å²) in [6.45, 7) is 0. The molecule has 11 heavy (non-hydrogen) atoms. The summed E-state index contributed by atoms with van der Waals surface area (Å²) >= 11 is 0. The molecule has 1 aromatic heterocycles. The number of hydrogen-bond donors (Lipinski definition) is 0. The molecule has 1 saturated heterocycles. The molecule has 2 atom stereocenters. The average Bonchev–Trinajstić information content (AvgIpc) is 2.85. The van der Waals surface area contributed by atoms with Crippen LogP contribution in [0.3, 0.4) is 0 Å². The van der Waals surface area contributed by atoms with E-state index < -0.39 is 0 Å². The van der Waals surface area contributed by atoms with E-state index in [1.165, 1.54) is 0 Å². The smallest absolute Gasteiger partial charge is 0.175 e. The predicted molar refractivity (Wildman–Crippen MR) is 37.5 cm³/mol. The minimum Gasteiger partial charge on any atom is -0.348 e. The van der Waals surface area contributed by atoms with Crippen molar-refractivity contribution in [3.63, 3.8) is 0 Å². The summed E-state index contributed by atoms with van der Waals surface area (Å²) in [5.74, 6) is 0. The maximum absolute atomic E-state index is 8.44. The van der Waals surface area contributed by atoms with Gasteiger partial charge in [-0.15, -0.1) is 0 Å². The number of nitrogens with zero attached hydrogens (tertiary/aromatic N) is 2. The Morgan fingerprint density at radius 2 is 2.55 bits per heavy atom. The highest BCUT2D eigenvalue weighted by atomic mass is 16.6. The van der Waals surface area contributed by atoms with Gasteiger partial charge in [-0.25, -0.2) is 0 Å². The van der Waals surface area contributed by atoms with Crippen LogP contribution in [0.25, 0.3) is 0 Å². The number of pyridine rings is 1. The third-order valence-electron chi connectivity index (χ3n) is 1.63. The normalized spacial score (nSPS) is 27.5. The summed E-state index contributed by atoms with van der Waals surface area (Å²) < 4.78 is 5.05. The van der Waals surface area contributed by atoms with Crippen molar-refractivity contribution < 1.29 is 4.74 Å². The Balaban J connectivity index is 2.16. The lowest BCUT2D eigenvalue weighted by Crippen LogP contribution is -1.84. The molecule has 3 nitrogen and oxygen atoms in total. The van der Waals surface area contributed by atoms with E-state index in [1.807, 2.05) is 18.2 Å². The second kappa shape index (κ2) is 2.33. The van der Waals surface area contributed by atoms with E-state index in [-0.39, 0.29) is 12.2 Å². The van der Waals surface area contributed by atoms with Crippen molar-refractivity contribution >= 4 is 0 Å². The number of hydrogen-bond acceptors (Lipinski definition) is 3. The molecule has 1 aliphatic heterocycles. The Morgan fingerprint density at radius 1 is 1.64 bits per heavy atom. The zero-order valence-electron chi connectivity index (χ0n) is 5.77. The van der Waals surface area contributed by atoms with Gasteiger partial charge in [-0.3, -0.25) is 4.98 Å². The van der Waals surface area contributed by atoms with Crippen LogP contribution in [0.1, 0.15) is 11.7 Å². The highest BCUT2D eigenvalue weighted by Gasteiger charge is 2.40. The van der Waals surface area contributed by atoms with Gasteiger partial charge in [0, 0.05) is 18.0 Å². The van der Waals surface area contributed by atoms with Crippen LogP contribution in [0.15, 0.2) is 24.5 Å². The molecule has 0 N–H and O–H groups in total. The van der Waals surface area contributed by atoms with Gasteiger partial charge in [-0.05, 0) is 6.07 Å². The van der Waals surface area contributed by atoms with Gasteiger partial charge in [-0.2, -0.15) is 5.26 Å². The van der Waals surface area contributed by atoms with Crippen molar-refractivity contribution in [1.82, 2.24) is 4.98 Å². The first-order valence-electron chi connectivity index (χ1n) is 3.37. The van der Waals surface area contributed by atoms with Gasteiger partial charge >= 0.3 is 0 Å². The predicted octanol–water partition coefficient (Wildman–Crippen LogP) is 1.05. The summed E-state index contributed by atoms with van der Waals surface area (Å²) in [6, 6.07) is 5.79. The van der Waals surface area contributed by atoms with E-state index in [2.05, 4.69) is 4.98 Å². The zero-order chi connectivity index (χ0) is 7.68. The van der Waals surface area contributed by atoms with Crippen LogP contribution in [0.2, 0.25) is 0 Å². The monoisotopic (exact) mass is 146 g/mol. The topological polar surface area (TPSA) is 49.2 Å². The average molecular weight is 146 g/mol. The lowest BCUT2D eigenvalue weighted by atomic mass is 10.2. The molecule has 0 aliphatic carbocycles. The molecule has 2 rings (SSSR count). The summed E-state index contributed by atoms with van der Waals surface area (Å²) in [5, 5.41) is 8.44. The molecule has 1 fully saturated rings. The van der Waals surface area contributed by atoms with Crippen LogP contribution >= 0.6 is 0 Å². The van der Waals surface area contributed by atoms with Crippen LogP contribution in [0.5, 0.6) is 0 Å². The van der Waals surface area contributed by atoms with Crippen LogP contribution < -0.4 is 0 Å². The fraction of sp³-hybridized carbons (Fsp3) is 0.250. The standard InChI is InChI=1S/C8H6N2O/c9-4-7-8(11-7)6-2-1-3-10-5-6/h1-3,5,7-8H. The summed E-state index contributed by atoms with van der Waals surface area (Å²) in [4.78, 5) is 3.93.